The van der Waals surface area contributed by atoms with Crippen LogP contribution in [0.1, 0.15) is 67.7 Å². The molecular weight excluding hydrogens is 232 g/mol. The molecule has 2 nitrogen and oxygen atoms in total. The minimum atomic E-state index is 0.223. The Kier molecular flexibility index (Phi) is 8.99. The molecule has 0 radical (unpaired) electrons. The molecule has 0 aliphatic heterocycles. The molecule has 0 aliphatic carbocycles. The van der Waals surface area contributed by atoms with Crippen LogP contribution in [-0.2, 0) is 0 Å². The first kappa shape index (κ1) is 18.4. The predicted octanol–water partition coefficient (Wildman–Crippen LogP) is 4.91. The fourth-order valence-corrected chi connectivity index (χ4v) is 2.08. The van der Waals surface area contributed by atoms with Crippen LogP contribution in [-0.4, -0.2) is 29.2 Å². The number of nitrogens with zero attached hydrogens (tertiary/aromatic N) is 2. The van der Waals surface area contributed by atoms with Crippen LogP contribution in [0.4, 0.5) is 0 Å². The minimum Gasteiger partial charge on any atom is -0.292 e. The Labute approximate surface area is 121 Å². The molecule has 0 N–H and O–H groups in total. The summed E-state index contributed by atoms with van der Waals surface area (Å²) in [6, 6.07) is 0. The summed E-state index contributed by atoms with van der Waals surface area (Å²) < 4.78 is 0. The fourth-order valence-electron chi connectivity index (χ4n) is 2.08. The van der Waals surface area contributed by atoms with Crippen LogP contribution >= 0.6 is 0 Å². The summed E-state index contributed by atoms with van der Waals surface area (Å²) in [5, 5.41) is 0. The molecule has 0 unspecified atom stereocenters. The van der Waals surface area contributed by atoms with Crippen LogP contribution in [0.5, 0.6) is 0 Å². The van der Waals surface area contributed by atoms with E-state index >= 15 is 0 Å². The van der Waals surface area contributed by atoms with Crippen molar-refractivity contribution in [2.45, 2.75) is 73.3 Å². The van der Waals surface area contributed by atoms with E-state index in [9.17, 15) is 0 Å². The maximum Gasteiger partial charge on any atom is 0.0373 e. The lowest BCUT2D eigenvalue weighted by Gasteiger charge is -2.42. The van der Waals surface area contributed by atoms with Gasteiger partial charge in [0.25, 0.3) is 0 Å². The molecule has 0 rings (SSSR count). The second-order valence-corrected chi connectivity index (χ2v) is 6.16. The van der Waals surface area contributed by atoms with Gasteiger partial charge in [0, 0.05) is 24.0 Å². The monoisotopic (exact) mass is 266 g/mol. The third kappa shape index (κ3) is 6.38. The summed E-state index contributed by atoms with van der Waals surface area (Å²) in [7, 11) is 0. The van der Waals surface area contributed by atoms with E-state index in [0.29, 0.717) is 5.92 Å². The molecule has 0 bridgehead atoms. The summed E-state index contributed by atoms with van der Waals surface area (Å²) in [6.45, 7) is 18.0. The topological polar surface area (TPSA) is 15.6 Å². The zero-order valence-corrected chi connectivity index (χ0v) is 14.2. The SMILES string of the molecule is C/C=C\N=C(/CCC)CN(CCC)C(C)(C)C(C)C. The molecular formula is C17H34N2. The molecule has 0 spiro atoms. The largest absolute Gasteiger partial charge is 0.292 e. The van der Waals surface area contributed by atoms with Gasteiger partial charge in [-0.25, -0.2) is 0 Å². The number of aliphatic imine (C=N–C) groups is 1. The molecule has 0 amide bonds. The Morgan fingerprint density at radius 3 is 2.26 bits per heavy atom. The normalized spacial score (nSPS) is 14.1. The van der Waals surface area contributed by atoms with E-state index in [4.69, 9.17) is 0 Å². The van der Waals surface area contributed by atoms with Crippen molar-refractivity contribution in [2.24, 2.45) is 10.9 Å². The summed E-state index contributed by atoms with van der Waals surface area (Å²) in [4.78, 5) is 7.21. The summed E-state index contributed by atoms with van der Waals surface area (Å²) in [5.74, 6) is 0.642. The van der Waals surface area contributed by atoms with Gasteiger partial charge in [-0.15, -0.1) is 0 Å². The molecule has 112 valence electrons. The van der Waals surface area contributed by atoms with Crippen molar-refractivity contribution in [2.75, 3.05) is 13.1 Å². The molecule has 0 aliphatic rings. The van der Waals surface area contributed by atoms with Gasteiger partial charge in [0.2, 0.25) is 0 Å². The highest BCUT2D eigenvalue weighted by molar-refractivity contribution is 5.87. The Morgan fingerprint density at radius 1 is 1.21 bits per heavy atom. The van der Waals surface area contributed by atoms with E-state index < -0.39 is 0 Å². The molecule has 0 saturated carbocycles. The first-order valence-electron chi connectivity index (χ1n) is 7.81. The fraction of sp³-hybridized carbons (Fsp3) is 0.824. The van der Waals surface area contributed by atoms with E-state index in [-0.39, 0.29) is 5.54 Å². The van der Waals surface area contributed by atoms with Crippen LogP contribution < -0.4 is 0 Å². The van der Waals surface area contributed by atoms with Gasteiger partial charge in [0.15, 0.2) is 0 Å². The van der Waals surface area contributed by atoms with Crippen molar-refractivity contribution < 1.29 is 0 Å². The van der Waals surface area contributed by atoms with Crippen molar-refractivity contribution in [3.63, 3.8) is 0 Å². The van der Waals surface area contributed by atoms with Crippen LogP contribution in [0.2, 0.25) is 0 Å². The third-order valence-corrected chi connectivity index (χ3v) is 4.04. The number of rotatable bonds is 9. The van der Waals surface area contributed by atoms with Crippen LogP contribution in [0.15, 0.2) is 17.3 Å². The van der Waals surface area contributed by atoms with Crippen molar-refractivity contribution in [1.29, 1.82) is 0 Å². The maximum atomic E-state index is 4.62. The third-order valence-electron chi connectivity index (χ3n) is 4.04. The first-order chi connectivity index (χ1) is 8.89. The summed E-state index contributed by atoms with van der Waals surface area (Å²) >= 11 is 0. The molecule has 19 heavy (non-hydrogen) atoms. The van der Waals surface area contributed by atoms with Crippen LogP contribution in [0, 0.1) is 5.92 Å². The standard InChI is InChI=1S/C17H34N2/c1-8-11-16(18-12-9-2)14-19(13-10-3)17(6,7)15(4)5/h9,12,15H,8,10-11,13-14H2,1-7H3/b12-9-,18-16+. The van der Waals surface area contributed by atoms with Crippen molar-refractivity contribution >= 4 is 5.71 Å². The lowest BCUT2D eigenvalue weighted by Crippen LogP contribution is -2.50. The number of allylic oxidation sites excluding steroid dienone is 1. The quantitative estimate of drug-likeness (QED) is 0.541. The highest BCUT2D eigenvalue weighted by Crippen LogP contribution is 2.24. The zero-order valence-electron chi connectivity index (χ0n) is 14.2. The summed E-state index contributed by atoms with van der Waals surface area (Å²) in [5.41, 5.74) is 1.53. The average molecular weight is 266 g/mol. The molecule has 0 heterocycles. The smallest absolute Gasteiger partial charge is 0.0373 e. The molecule has 0 atom stereocenters. The predicted molar refractivity (Wildman–Crippen MR) is 87.9 cm³/mol. The Hall–Kier alpha value is -0.630. The number of hydrogen-bond acceptors (Lipinski definition) is 2. The Bertz CT molecular complexity index is 288. The average Bonchev–Trinajstić information content (AvgIpc) is 2.35. The van der Waals surface area contributed by atoms with Gasteiger partial charge in [0.05, 0.1) is 0 Å². The van der Waals surface area contributed by atoms with E-state index in [1.807, 2.05) is 19.2 Å². The van der Waals surface area contributed by atoms with E-state index in [1.165, 1.54) is 18.6 Å². The lowest BCUT2D eigenvalue weighted by atomic mass is 9.88. The zero-order chi connectivity index (χ0) is 14.9. The molecule has 0 fully saturated rings. The molecule has 2 heteroatoms. The van der Waals surface area contributed by atoms with Crippen molar-refractivity contribution in [3.8, 4) is 0 Å². The van der Waals surface area contributed by atoms with Crippen LogP contribution in [0.25, 0.3) is 0 Å². The number of hydrogen-bond donors (Lipinski definition) is 0. The maximum absolute atomic E-state index is 4.62. The highest BCUT2D eigenvalue weighted by Gasteiger charge is 2.29. The molecule has 0 aromatic carbocycles. The van der Waals surface area contributed by atoms with E-state index in [0.717, 1.165) is 19.5 Å². The van der Waals surface area contributed by atoms with Gasteiger partial charge in [-0.05, 0) is 46.1 Å². The van der Waals surface area contributed by atoms with Gasteiger partial charge in [0.1, 0.15) is 0 Å². The van der Waals surface area contributed by atoms with Gasteiger partial charge in [-0.1, -0.05) is 40.2 Å². The van der Waals surface area contributed by atoms with Crippen LogP contribution in [0.3, 0.4) is 0 Å². The van der Waals surface area contributed by atoms with Crippen molar-refractivity contribution in [3.05, 3.63) is 12.3 Å². The van der Waals surface area contributed by atoms with E-state index in [1.54, 1.807) is 0 Å². The van der Waals surface area contributed by atoms with Crippen molar-refractivity contribution in [1.82, 2.24) is 4.90 Å². The highest BCUT2D eigenvalue weighted by atomic mass is 15.2. The summed E-state index contributed by atoms with van der Waals surface area (Å²) in [6.07, 6.45) is 7.39. The second-order valence-electron chi connectivity index (χ2n) is 6.16. The van der Waals surface area contributed by atoms with Gasteiger partial charge < -0.3 is 0 Å². The van der Waals surface area contributed by atoms with Gasteiger partial charge in [-0.3, -0.25) is 9.89 Å². The molecule has 0 saturated heterocycles. The first-order valence-corrected chi connectivity index (χ1v) is 7.81. The second kappa shape index (κ2) is 9.30. The van der Waals surface area contributed by atoms with Gasteiger partial charge >= 0.3 is 0 Å². The Balaban J connectivity index is 4.98. The molecule has 0 aromatic heterocycles. The van der Waals surface area contributed by atoms with E-state index in [2.05, 4.69) is 51.4 Å². The lowest BCUT2D eigenvalue weighted by molar-refractivity contribution is 0.0932. The Morgan fingerprint density at radius 2 is 1.84 bits per heavy atom. The minimum absolute atomic E-state index is 0.223. The van der Waals surface area contributed by atoms with Gasteiger partial charge in [-0.2, -0.15) is 0 Å². The molecule has 0 aromatic rings.